The summed E-state index contributed by atoms with van der Waals surface area (Å²) in [6.07, 6.45) is 0.172. The molecule has 4 nitrogen and oxygen atoms in total. The predicted octanol–water partition coefficient (Wildman–Crippen LogP) is 3.13. The lowest BCUT2D eigenvalue weighted by molar-refractivity contribution is -0.145. The average Bonchev–Trinajstić information content (AvgIpc) is 3.09. The van der Waals surface area contributed by atoms with Gasteiger partial charge in [-0.05, 0) is 30.4 Å². The first-order valence-electron chi connectivity index (χ1n) is 8.66. The lowest BCUT2D eigenvalue weighted by Crippen LogP contribution is -2.46. The molecular weight excluding hydrogens is 333 g/mol. The third-order valence-corrected chi connectivity index (χ3v) is 6.02. The lowest BCUT2D eigenvalue weighted by Gasteiger charge is -2.37. The summed E-state index contributed by atoms with van der Waals surface area (Å²) in [6.45, 7) is 0.598. The van der Waals surface area contributed by atoms with Crippen LogP contribution in [0.2, 0.25) is 0 Å². The zero-order chi connectivity index (χ0) is 17.8. The van der Waals surface area contributed by atoms with Crippen LogP contribution in [0.1, 0.15) is 48.9 Å². The molecular formula is C18H19F3N2O2. The van der Waals surface area contributed by atoms with Crippen molar-refractivity contribution >= 4 is 11.7 Å². The number of Topliss-reactive ketones (excluding diaryl/α,β-unsaturated/α-hetero) is 1. The quantitative estimate of drug-likeness (QED) is 0.780. The molecule has 0 spiro atoms. The minimum absolute atomic E-state index is 0.0519. The molecule has 0 bridgehead atoms. The molecule has 25 heavy (non-hydrogen) atoms. The van der Waals surface area contributed by atoms with Gasteiger partial charge in [-0.25, -0.2) is 0 Å². The monoisotopic (exact) mass is 352 g/mol. The molecule has 0 saturated heterocycles. The molecule has 3 aliphatic rings. The molecule has 1 amide bonds. The second-order valence-electron chi connectivity index (χ2n) is 7.47. The number of alkyl halides is 3. The van der Waals surface area contributed by atoms with Crippen LogP contribution in [0.25, 0.3) is 0 Å². The highest BCUT2D eigenvalue weighted by Crippen LogP contribution is 2.54. The van der Waals surface area contributed by atoms with Crippen molar-refractivity contribution in [3.8, 4) is 0 Å². The van der Waals surface area contributed by atoms with Crippen LogP contribution in [0.5, 0.6) is 0 Å². The maximum atomic E-state index is 13.2. The van der Waals surface area contributed by atoms with Crippen LogP contribution >= 0.6 is 0 Å². The van der Waals surface area contributed by atoms with E-state index in [0.717, 1.165) is 25.1 Å². The number of carbonyl (C=O) groups excluding carboxylic acids is 2. The molecule has 2 atom stereocenters. The Morgan fingerprint density at radius 2 is 2.16 bits per heavy atom. The minimum Gasteiger partial charge on any atom is -0.337 e. The van der Waals surface area contributed by atoms with Gasteiger partial charge in [0.2, 0.25) is 5.91 Å². The standard InChI is InChI=1S/C18H19F3N2O2/c19-18(20,21)13-6-11-10-23(5-3-15(11)22-9-13)16(25)17-4-1-2-12(17)7-14(24)8-17/h6,9,12H,1-5,7-8,10H2/t12-,17-/m1/s1. The van der Waals surface area contributed by atoms with Gasteiger partial charge in [0, 0.05) is 44.2 Å². The summed E-state index contributed by atoms with van der Waals surface area (Å²) in [7, 11) is 0. The van der Waals surface area contributed by atoms with Crippen LogP contribution in [0, 0.1) is 11.3 Å². The molecule has 2 heterocycles. The van der Waals surface area contributed by atoms with Crippen LogP contribution < -0.4 is 0 Å². The first-order chi connectivity index (χ1) is 11.8. The van der Waals surface area contributed by atoms with Gasteiger partial charge in [0.25, 0.3) is 0 Å². The number of pyridine rings is 1. The maximum Gasteiger partial charge on any atom is 0.417 e. The summed E-state index contributed by atoms with van der Waals surface area (Å²) in [4.78, 5) is 30.7. The first kappa shape index (κ1) is 16.5. The average molecular weight is 352 g/mol. The molecule has 2 aliphatic carbocycles. The van der Waals surface area contributed by atoms with Gasteiger partial charge in [-0.15, -0.1) is 0 Å². The molecule has 1 aliphatic heterocycles. The smallest absolute Gasteiger partial charge is 0.337 e. The van der Waals surface area contributed by atoms with E-state index in [4.69, 9.17) is 0 Å². The Balaban J connectivity index is 1.60. The van der Waals surface area contributed by atoms with E-state index >= 15 is 0 Å². The molecule has 2 saturated carbocycles. The first-order valence-corrected chi connectivity index (χ1v) is 8.66. The fraction of sp³-hybridized carbons (Fsp3) is 0.611. The summed E-state index contributed by atoms with van der Waals surface area (Å²) >= 11 is 0. The van der Waals surface area contributed by atoms with Crippen molar-refractivity contribution in [2.45, 2.75) is 51.2 Å². The van der Waals surface area contributed by atoms with Gasteiger partial charge in [0.1, 0.15) is 5.78 Å². The van der Waals surface area contributed by atoms with Crippen LogP contribution in [-0.4, -0.2) is 28.1 Å². The number of hydrogen-bond acceptors (Lipinski definition) is 3. The van der Waals surface area contributed by atoms with Gasteiger partial charge in [-0.3, -0.25) is 14.6 Å². The third kappa shape index (κ3) is 2.64. The number of rotatable bonds is 1. The molecule has 1 aromatic heterocycles. The number of carbonyl (C=O) groups is 2. The van der Waals surface area contributed by atoms with E-state index in [2.05, 4.69) is 4.98 Å². The van der Waals surface area contributed by atoms with Gasteiger partial charge in [-0.1, -0.05) is 6.42 Å². The Morgan fingerprint density at radius 1 is 1.36 bits per heavy atom. The lowest BCUT2D eigenvalue weighted by atomic mass is 9.78. The van der Waals surface area contributed by atoms with Crippen LogP contribution in [0.15, 0.2) is 12.3 Å². The molecule has 7 heteroatoms. The molecule has 1 aromatic rings. The van der Waals surface area contributed by atoms with Crippen molar-refractivity contribution in [1.29, 1.82) is 0 Å². The largest absolute Gasteiger partial charge is 0.417 e. The Labute approximate surface area is 143 Å². The van der Waals surface area contributed by atoms with Gasteiger partial charge in [0.05, 0.1) is 11.0 Å². The zero-order valence-corrected chi connectivity index (χ0v) is 13.7. The zero-order valence-electron chi connectivity index (χ0n) is 13.7. The maximum absolute atomic E-state index is 13.2. The fourth-order valence-electron chi connectivity index (χ4n) is 4.80. The number of aromatic nitrogens is 1. The minimum atomic E-state index is -4.44. The summed E-state index contributed by atoms with van der Waals surface area (Å²) in [5.74, 6) is 0.189. The van der Waals surface area contributed by atoms with E-state index in [9.17, 15) is 22.8 Å². The van der Waals surface area contributed by atoms with Crippen molar-refractivity contribution in [3.63, 3.8) is 0 Å². The highest BCUT2D eigenvalue weighted by Gasteiger charge is 2.56. The van der Waals surface area contributed by atoms with Crippen molar-refractivity contribution in [1.82, 2.24) is 9.88 Å². The van der Waals surface area contributed by atoms with Crippen molar-refractivity contribution in [3.05, 3.63) is 29.1 Å². The van der Waals surface area contributed by atoms with E-state index in [0.29, 0.717) is 43.5 Å². The second-order valence-corrected chi connectivity index (χ2v) is 7.47. The molecule has 2 fully saturated rings. The highest BCUT2D eigenvalue weighted by molar-refractivity contribution is 5.94. The van der Waals surface area contributed by atoms with Crippen LogP contribution in [0.3, 0.4) is 0 Å². The molecule has 0 unspecified atom stereocenters. The second kappa shape index (κ2) is 5.54. The van der Waals surface area contributed by atoms with E-state index in [1.54, 1.807) is 4.90 Å². The Morgan fingerprint density at radius 3 is 2.92 bits per heavy atom. The normalized spacial score (nSPS) is 28.8. The van der Waals surface area contributed by atoms with Gasteiger partial charge in [0.15, 0.2) is 0 Å². The molecule has 0 radical (unpaired) electrons. The van der Waals surface area contributed by atoms with Gasteiger partial charge < -0.3 is 4.90 Å². The molecule has 4 rings (SSSR count). The highest BCUT2D eigenvalue weighted by atomic mass is 19.4. The summed E-state index contributed by atoms with van der Waals surface area (Å²) < 4.78 is 38.8. The Kier molecular flexibility index (Phi) is 3.67. The van der Waals surface area contributed by atoms with E-state index in [1.807, 2.05) is 0 Å². The molecule has 0 N–H and O–H groups in total. The SMILES string of the molecule is O=C1C[C@H]2CCC[C@@]2(C(=O)N2CCc3ncc(C(F)(F)F)cc3C2)C1. The Hall–Kier alpha value is -1.92. The fourth-order valence-corrected chi connectivity index (χ4v) is 4.80. The number of halogens is 3. The molecule has 134 valence electrons. The number of hydrogen-bond donors (Lipinski definition) is 0. The van der Waals surface area contributed by atoms with Crippen molar-refractivity contribution < 1.29 is 22.8 Å². The predicted molar refractivity (Wildman–Crippen MR) is 82.4 cm³/mol. The van der Waals surface area contributed by atoms with Crippen molar-refractivity contribution in [2.24, 2.45) is 11.3 Å². The van der Waals surface area contributed by atoms with Crippen LogP contribution in [-0.2, 0) is 28.7 Å². The van der Waals surface area contributed by atoms with Gasteiger partial charge >= 0.3 is 6.18 Å². The summed E-state index contributed by atoms with van der Waals surface area (Å²) in [6, 6.07) is 1.10. The number of fused-ring (bicyclic) bond motifs is 2. The van der Waals surface area contributed by atoms with Crippen molar-refractivity contribution in [2.75, 3.05) is 6.54 Å². The molecule has 0 aromatic carbocycles. The third-order valence-electron chi connectivity index (χ3n) is 6.02. The topological polar surface area (TPSA) is 50.3 Å². The Bertz CT molecular complexity index is 746. The van der Waals surface area contributed by atoms with Gasteiger partial charge in [-0.2, -0.15) is 13.2 Å². The summed E-state index contributed by atoms with van der Waals surface area (Å²) in [5.41, 5.74) is -0.304. The van der Waals surface area contributed by atoms with E-state index < -0.39 is 17.2 Å². The number of nitrogens with zero attached hydrogens (tertiary/aromatic N) is 2. The van der Waals surface area contributed by atoms with E-state index in [1.165, 1.54) is 0 Å². The van der Waals surface area contributed by atoms with E-state index in [-0.39, 0.29) is 24.2 Å². The number of amides is 1. The van der Waals surface area contributed by atoms with Crippen LogP contribution in [0.4, 0.5) is 13.2 Å². The number of ketones is 1. The summed E-state index contributed by atoms with van der Waals surface area (Å²) in [5, 5.41) is 0.